The zero-order chi connectivity index (χ0) is 18.7. The van der Waals surface area contributed by atoms with E-state index in [0.717, 1.165) is 18.4 Å². The van der Waals surface area contributed by atoms with Crippen LogP contribution in [0.25, 0.3) is 22.3 Å². The third-order valence-electron chi connectivity index (χ3n) is 4.74. The topological polar surface area (TPSA) is 9.23 Å². The van der Waals surface area contributed by atoms with Crippen molar-refractivity contribution >= 4 is 11.6 Å². The van der Waals surface area contributed by atoms with Crippen LogP contribution >= 0.6 is 11.6 Å². The molecule has 0 aliphatic heterocycles. The molecule has 1 nitrogen and oxygen atoms in total. The van der Waals surface area contributed by atoms with Crippen molar-refractivity contribution in [2.75, 3.05) is 7.11 Å². The van der Waals surface area contributed by atoms with Crippen LogP contribution in [-0.4, -0.2) is 7.11 Å². The van der Waals surface area contributed by atoms with Crippen molar-refractivity contribution < 1.29 is 9.13 Å². The molecule has 134 valence electrons. The van der Waals surface area contributed by atoms with E-state index in [1.54, 1.807) is 25.3 Å². The Morgan fingerprint density at radius 3 is 2.19 bits per heavy atom. The van der Waals surface area contributed by atoms with Crippen LogP contribution in [0.5, 0.6) is 5.75 Å². The van der Waals surface area contributed by atoms with Crippen LogP contribution < -0.4 is 4.74 Å². The molecule has 0 aliphatic rings. The highest BCUT2D eigenvalue weighted by Crippen LogP contribution is 2.40. The van der Waals surface area contributed by atoms with Crippen molar-refractivity contribution in [3.8, 4) is 28.0 Å². The summed E-state index contributed by atoms with van der Waals surface area (Å²) in [5.74, 6) is 0.229. The van der Waals surface area contributed by atoms with Crippen LogP contribution in [0.3, 0.4) is 0 Å². The molecule has 0 bridgehead atoms. The Morgan fingerprint density at radius 2 is 1.50 bits per heavy atom. The lowest BCUT2D eigenvalue weighted by Gasteiger charge is -2.18. The fourth-order valence-electron chi connectivity index (χ4n) is 3.35. The summed E-state index contributed by atoms with van der Waals surface area (Å²) in [6, 6.07) is 17.4. The van der Waals surface area contributed by atoms with Gasteiger partial charge in [-0.2, -0.15) is 0 Å². The van der Waals surface area contributed by atoms with E-state index in [-0.39, 0.29) is 5.02 Å². The van der Waals surface area contributed by atoms with Gasteiger partial charge in [0.15, 0.2) is 0 Å². The Balaban J connectivity index is 2.31. The second kappa shape index (κ2) is 7.92. The van der Waals surface area contributed by atoms with Crippen LogP contribution in [0.1, 0.15) is 25.0 Å². The molecular weight excluding hydrogens is 347 g/mol. The van der Waals surface area contributed by atoms with Crippen molar-refractivity contribution in [1.82, 2.24) is 0 Å². The monoisotopic (exact) mass is 368 g/mol. The molecule has 0 aliphatic carbocycles. The largest absolute Gasteiger partial charge is 0.496 e. The molecule has 0 aromatic heterocycles. The Morgan fingerprint density at radius 1 is 0.808 bits per heavy atom. The van der Waals surface area contributed by atoms with Crippen molar-refractivity contribution in [1.29, 1.82) is 0 Å². The highest BCUT2D eigenvalue weighted by atomic mass is 35.5. The van der Waals surface area contributed by atoms with Gasteiger partial charge in [0.05, 0.1) is 12.1 Å². The summed E-state index contributed by atoms with van der Waals surface area (Å²) < 4.78 is 20.3. The van der Waals surface area contributed by atoms with E-state index in [1.807, 2.05) is 18.2 Å². The second-order valence-corrected chi connectivity index (χ2v) is 6.58. The molecule has 0 amide bonds. The van der Waals surface area contributed by atoms with Crippen LogP contribution in [0.2, 0.25) is 5.02 Å². The predicted octanol–water partition coefficient (Wildman–Crippen LogP) is 6.95. The van der Waals surface area contributed by atoms with E-state index in [2.05, 4.69) is 32.0 Å². The van der Waals surface area contributed by atoms with E-state index in [0.29, 0.717) is 16.9 Å². The summed E-state index contributed by atoms with van der Waals surface area (Å²) in [7, 11) is 1.61. The van der Waals surface area contributed by atoms with Gasteiger partial charge in [-0.15, -0.1) is 0 Å². The summed E-state index contributed by atoms with van der Waals surface area (Å²) in [6.07, 6.45) is 1.80. The van der Waals surface area contributed by atoms with Crippen LogP contribution in [0.15, 0.2) is 54.6 Å². The van der Waals surface area contributed by atoms with Gasteiger partial charge in [-0.1, -0.05) is 61.8 Å². The summed E-state index contributed by atoms with van der Waals surface area (Å²) >= 11 is 6.01. The minimum atomic E-state index is -0.425. The molecule has 3 aromatic carbocycles. The first kappa shape index (κ1) is 18.5. The number of benzene rings is 3. The predicted molar refractivity (Wildman–Crippen MR) is 108 cm³/mol. The van der Waals surface area contributed by atoms with Crippen LogP contribution in [0.4, 0.5) is 4.39 Å². The highest BCUT2D eigenvalue weighted by molar-refractivity contribution is 6.31. The number of rotatable bonds is 5. The molecule has 0 atom stereocenters. The van der Waals surface area contributed by atoms with Gasteiger partial charge >= 0.3 is 0 Å². The maximum atomic E-state index is 14.7. The average molecular weight is 369 g/mol. The smallest absolute Gasteiger partial charge is 0.149 e. The Bertz CT molecular complexity index is 933. The first-order chi connectivity index (χ1) is 12.6. The fraction of sp³-hybridized carbons (Fsp3) is 0.217. The summed E-state index contributed by atoms with van der Waals surface area (Å²) in [6.45, 7) is 4.26. The molecule has 26 heavy (non-hydrogen) atoms. The van der Waals surface area contributed by atoms with Gasteiger partial charge in [-0.25, -0.2) is 4.39 Å². The normalized spacial score (nSPS) is 10.8. The third-order valence-corrected chi connectivity index (χ3v) is 5.03. The zero-order valence-corrected chi connectivity index (χ0v) is 16.0. The van der Waals surface area contributed by atoms with Gasteiger partial charge in [0.1, 0.15) is 11.6 Å². The standard InChI is InChI=1S/C23H22ClFO/c1-4-15-9-6-7-10-17(15)19-14-20(22(26-3)13-16(19)5-2)18-11-8-12-21(24)23(18)25/h6-14H,4-5H2,1-3H3. The lowest BCUT2D eigenvalue weighted by Crippen LogP contribution is -1.98. The molecular formula is C23H22ClFO. The first-order valence-electron chi connectivity index (χ1n) is 8.84. The second-order valence-electron chi connectivity index (χ2n) is 6.18. The number of hydrogen-bond donors (Lipinski definition) is 0. The first-order valence-corrected chi connectivity index (χ1v) is 9.22. The van der Waals surface area contributed by atoms with E-state index in [1.165, 1.54) is 16.7 Å². The molecule has 3 aromatic rings. The Kier molecular flexibility index (Phi) is 5.63. The van der Waals surface area contributed by atoms with Crippen LogP contribution in [0, 0.1) is 5.82 Å². The number of methoxy groups -OCH3 is 1. The molecule has 0 heterocycles. The number of ether oxygens (including phenoxy) is 1. The minimum Gasteiger partial charge on any atom is -0.496 e. The lowest BCUT2D eigenvalue weighted by atomic mass is 9.89. The van der Waals surface area contributed by atoms with Gasteiger partial charge in [-0.3, -0.25) is 0 Å². The number of hydrogen-bond acceptors (Lipinski definition) is 1. The van der Waals surface area contributed by atoms with E-state index in [4.69, 9.17) is 16.3 Å². The molecule has 0 fully saturated rings. The van der Waals surface area contributed by atoms with E-state index in [9.17, 15) is 4.39 Å². The molecule has 3 rings (SSSR count). The third kappa shape index (κ3) is 3.34. The summed E-state index contributed by atoms with van der Waals surface area (Å²) in [5.41, 5.74) is 5.90. The van der Waals surface area contributed by atoms with Gasteiger partial charge in [-0.05, 0) is 53.3 Å². The number of aryl methyl sites for hydroxylation is 2. The van der Waals surface area contributed by atoms with Gasteiger partial charge in [0, 0.05) is 11.1 Å². The zero-order valence-electron chi connectivity index (χ0n) is 15.3. The quantitative estimate of drug-likeness (QED) is 0.473. The van der Waals surface area contributed by atoms with Crippen molar-refractivity contribution in [3.63, 3.8) is 0 Å². The van der Waals surface area contributed by atoms with Gasteiger partial charge in [0.2, 0.25) is 0 Å². The number of halogens is 2. The summed E-state index contributed by atoms with van der Waals surface area (Å²) in [4.78, 5) is 0. The molecule has 0 N–H and O–H groups in total. The van der Waals surface area contributed by atoms with Crippen molar-refractivity contribution in [3.05, 3.63) is 76.6 Å². The van der Waals surface area contributed by atoms with E-state index >= 15 is 0 Å². The van der Waals surface area contributed by atoms with E-state index < -0.39 is 5.82 Å². The average Bonchev–Trinajstić information content (AvgIpc) is 2.69. The Labute approximate surface area is 159 Å². The van der Waals surface area contributed by atoms with Crippen LogP contribution in [-0.2, 0) is 12.8 Å². The Hall–Kier alpha value is -2.32. The molecule has 0 radical (unpaired) electrons. The molecule has 0 spiro atoms. The molecule has 0 saturated carbocycles. The van der Waals surface area contributed by atoms with Gasteiger partial charge < -0.3 is 4.74 Å². The van der Waals surface area contributed by atoms with Crippen molar-refractivity contribution in [2.45, 2.75) is 26.7 Å². The fourth-order valence-corrected chi connectivity index (χ4v) is 3.52. The molecule has 0 saturated heterocycles. The highest BCUT2D eigenvalue weighted by Gasteiger charge is 2.17. The molecule has 0 unspecified atom stereocenters. The lowest BCUT2D eigenvalue weighted by molar-refractivity contribution is 0.415. The SMILES string of the molecule is CCc1ccccc1-c1cc(-c2cccc(Cl)c2F)c(OC)cc1CC. The van der Waals surface area contributed by atoms with Gasteiger partial charge in [0.25, 0.3) is 0 Å². The maximum Gasteiger partial charge on any atom is 0.149 e. The molecule has 3 heteroatoms. The van der Waals surface area contributed by atoms with Crippen molar-refractivity contribution in [2.24, 2.45) is 0 Å². The maximum absolute atomic E-state index is 14.7. The summed E-state index contributed by atoms with van der Waals surface area (Å²) in [5, 5.41) is 0.111. The minimum absolute atomic E-state index is 0.111.